The Morgan fingerprint density at radius 3 is 2.07 bits per heavy atom. The van der Waals surface area contributed by atoms with Crippen molar-refractivity contribution in [1.82, 2.24) is 0 Å². The molecule has 0 aromatic carbocycles. The maximum atomic E-state index is 9.00. The maximum absolute atomic E-state index is 9.00. The molecular weight excluding hydrogens is 192 g/mol. The smallest absolute Gasteiger partial charge is 0.0951 e. The van der Waals surface area contributed by atoms with Crippen molar-refractivity contribution >= 4 is 0 Å². The van der Waals surface area contributed by atoms with E-state index in [4.69, 9.17) is 15.3 Å². The summed E-state index contributed by atoms with van der Waals surface area (Å²) < 4.78 is 0. The van der Waals surface area contributed by atoms with Crippen molar-refractivity contribution < 1.29 is 15.3 Å². The number of allylic oxidation sites excluding steroid dienone is 1. The first-order chi connectivity index (χ1) is 7.31. The number of hydrogen-bond donors (Lipinski definition) is 3. The van der Waals surface area contributed by atoms with Crippen LogP contribution >= 0.6 is 0 Å². The lowest BCUT2D eigenvalue weighted by atomic mass is 10.1. The van der Waals surface area contributed by atoms with E-state index in [-0.39, 0.29) is 6.61 Å². The molecule has 0 spiro atoms. The van der Waals surface area contributed by atoms with Crippen molar-refractivity contribution in [1.29, 1.82) is 0 Å². The van der Waals surface area contributed by atoms with Crippen LogP contribution in [0.2, 0.25) is 0 Å². The first-order valence-electron chi connectivity index (χ1n) is 5.87. The van der Waals surface area contributed by atoms with E-state index < -0.39 is 6.10 Å². The highest BCUT2D eigenvalue weighted by molar-refractivity contribution is 4.87. The second kappa shape index (κ2) is 11.7. The monoisotopic (exact) mass is 216 g/mol. The van der Waals surface area contributed by atoms with Crippen LogP contribution in [0, 0.1) is 0 Å². The molecule has 0 aromatic heterocycles. The van der Waals surface area contributed by atoms with Gasteiger partial charge in [0.25, 0.3) is 0 Å². The van der Waals surface area contributed by atoms with Gasteiger partial charge in [0.15, 0.2) is 0 Å². The summed E-state index contributed by atoms with van der Waals surface area (Å²) in [7, 11) is 0. The molecule has 3 N–H and O–H groups in total. The van der Waals surface area contributed by atoms with E-state index in [0.717, 1.165) is 25.7 Å². The van der Waals surface area contributed by atoms with Crippen LogP contribution in [0.15, 0.2) is 12.2 Å². The minimum absolute atomic E-state index is 0.197. The van der Waals surface area contributed by atoms with Gasteiger partial charge in [0.2, 0.25) is 0 Å². The lowest BCUT2D eigenvalue weighted by Gasteiger charge is -2.00. The van der Waals surface area contributed by atoms with Crippen LogP contribution in [0.3, 0.4) is 0 Å². The van der Waals surface area contributed by atoms with Gasteiger partial charge in [-0.3, -0.25) is 0 Å². The normalized spacial score (nSPS) is 13.5. The summed E-state index contributed by atoms with van der Waals surface area (Å²) in [5.74, 6) is 0. The Morgan fingerprint density at radius 1 is 0.867 bits per heavy atom. The zero-order valence-corrected chi connectivity index (χ0v) is 9.44. The van der Waals surface area contributed by atoms with Crippen LogP contribution in [0.25, 0.3) is 0 Å². The molecule has 3 nitrogen and oxygen atoms in total. The van der Waals surface area contributed by atoms with Crippen LogP contribution in [-0.2, 0) is 0 Å². The predicted molar refractivity (Wildman–Crippen MR) is 61.6 cm³/mol. The molecule has 0 radical (unpaired) electrons. The molecule has 0 saturated carbocycles. The highest BCUT2D eigenvalue weighted by Crippen LogP contribution is 2.07. The Labute approximate surface area is 92.4 Å². The molecule has 3 heteroatoms. The highest BCUT2D eigenvalue weighted by Gasteiger charge is 1.93. The minimum Gasteiger partial charge on any atom is -0.396 e. The zero-order chi connectivity index (χ0) is 11.4. The first kappa shape index (κ1) is 14.6. The Kier molecular flexibility index (Phi) is 11.4. The van der Waals surface area contributed by atoms with E-state index in [0.29, 0.717) is 6.61 Å². The van der Waals surface area contributed by atoms with Gasteiger partial charge in [-0.25, -0.2) is 0 Å². The average Bonchev–Trinajstić information content (AvgIpc) is 2.26. The summed E-state index contributed by atoms with van der Waals surface area (Å²) in [6.07, 6.45) is 10.6. The standard InChI is InChI=1S/C12H24O3/c13-10-8-6-4-2-1-3-5-7-9-12(15)11-14/h7,9,12-15H,1-6,8,10-11H2/b9-7+. The quantitative estimate of drug-likeness (QED) is 0.384. The molecule has 0 bridgehead atoms. The van der Waals surface area contributed by atoms with Gasteiger partial charge in [-0.1, -0.05) is 37.8 Å². The molecule has 0 aromatic rings. The third kappa shape index (κ3) is 11.5. The molecule has 90 valence electrons. The zero-order valence-electron chi connectivity index (χ0n) is 9.44. The number of unbranched alkanes of at least 4 members (excludes halogenated alkanes) is 6. The summed E-state index contributed by atoms with van der Waals surface area (Å²) in [4.78, 5) is 0. The van der Waals surface area contributed by atoms with E-state index in [1.54, 1.807) is 6.08 Å². The summed E-state index contributed by atoms with van der Waals surface area (Å²) in [5.41, 5.74) is 0. The van der Waals surface area contributed by atoms with Crippen molar-refractivity contribution in [3.63, 3.8) is 0 Å². The molecule has 0 heterocycles. The Balaban J connectivity index is 3.07. The predicted octanol–water partition coefficient (Wildman–Crippen LogP) is 1.62. The molecule has 0 aliphatic carbocycles. The SMILES string of the molecule is OCCCCCCCC/C=C/C(O)CO. The van der Waals surface area contributed by atoms with Gasteiger partial charge in [-0.05, 0) is 19.3 Å². The van der Waals surface area contributed by atoms with Crippen LogP contribution < -0.4 is 0 Å². The first-order valence-corrected chi connectivity index (χ1v) is 5.87. The molecule has 15 heavy (non-hydrogen) atoms. The molecule has 1 atom stereocenters. The third-order valence-corrected chi connectivity index (χ3v) is 2.32. The van der Waals surface area contributed by atoms with Crippen molar-refractivity contribution in [2.75, 3.05) is 13.2 Å². The van der Waals surface area contributed by atoms with Gasteiger partial charge in [0.05, 0.1) is 12.7 Å². The van der Waals surface area contributed by atoms with E-state index in [1.807, 2.05) is 6.08 Å². The molecule has 0 saturated heterocycles. The van der Waals surface area contributed by atoms with Crippen molar-refractivity contribution in [3.05, 3.63) is 12.2 Å². The van der Waals surface area contributed by atoms with E-state index >= 15 is 0 Å². The summed E-state index contributed by atoms with van der Waals surface area (Å²) in [5, 5.41) is 26.1. The van der Waals surface area contributed by atoms with Crippen molar-refractivity contribution in [2.24, 2.45) is 0 Å². The largest absolute Gasteiger partial charge is 0.396 e. The lowest BCUT2D eigenvalue weighted by Crippen LogP contribution is -2.06. The minimum atomic E-state index is -0.699. The fourth-order valence-electron chi connectivity index (χ4n) is 1.40. The topological polar surface area (TPSA) is 60.7 Å². The van der Waals surface area contributed by atoms with Gasteiger partial charge in [-0.2, -0.15) is 0 Å². The Bertz CT molecular complexity index is 146. The van der Waals surface area contributed by atoms with Gasteiger partial charge < -0.3 is 15.3 Å². The average molecular weight is 216 g/mol. The van der Waals surface area contributed by atoms with Crippen LogP contribution in [-0.4, -0.2) is 34.6 Å². The number of hydrogen-bond acceptors (Lipinski definition) is 3. The molecular formula is C12H24O3. The lowest BCUT2D eigenvalue weighted by molar-refractivity contribution is 0.131. The second-order valence-electron chi connectivity index (χ2n) is 3.81. The van der Waals surface area contributed by atoms with Crippen LogP contribution in [0.5, 0.6) is 0 Å². The van der Waals surface area contributed by atoms with Crippen LogP contribution in [0.4, 0.5) is 0 Å². The number of rotatable bonds is 10. The second-order valence-corrected chi connectivity index (χ2v) is 3.81. The fourth-order valence-corrected chi connectivity index (χ4v) is 1.40. The van der Waals surface area contributed by atoms with E-state index in [2.05, 4.69) is 0 Å². The maximum Gasteiger partial charge on any atom is 0.0951 e. The molecule has 0 aliphatic rings. The third-order valence-electron chi connectivity index (χ3n) is 2.32. The molecule has 0 rings (SSSR count). The Hall–Kier alpha value is -0.380. The van der Waals surface area contributed by atoms with E-state index in [9.17, 15) is 0 Å². The molecule has 0 aliphatic heterocycles. The van der Waals surface area contributed by atoms with Gasteiger partial charge in [0.1, 0.15) is 0 Å². The molecule has 1 unspecified atom stereocenters. The summed E-state index contributed by atoms with van der Waals surface area (Å²) in [6.45, 7) is 0.111. The number of aliphatic hydroxyl groups excluding tert-OH is 3. The van der Waals surface area contributed by atoms with Crippen molar-refractivity contribution in [2.45, 2.75) is 51.0 Å². The summed E-state index contributed by atoms with van der Waals surface area (Å²) in [6, 6.07) is 0. The Morgan fingerprint density at radius 2 is 1.47 bits per heavy atom. The van der Waals surface area contributed by atoms with Crippen LogP contribution in [0.1, 0.15) is 44.9 Å². The van der Waals surface area contributed by atoms with Crippen molar-refractivity contribution in [3.8, 4) is 0 Å². The van der Waals surface area contributed by atoms with Gasteiger partial charge in [-0.15, -0.1) is 0 Å². The molecule has 0 fully saturated rings. The van der Waals surface area contributed by atoms with Gasteiger partial charge >= 0.3 is 0 Å². The number of aliphatic hydroxyl groups is 3. The van der Waals surface area contributed by atoms with E-state index in [1.165, 1.54) is 19.3 Å². The fraction of sp³-hybridized carbons (Fsp3) is 0.833. The highest BCUT2D eigenvalue weighted by atomic mass is 16.3. The summed E-state index contributed by atoms with van der Waals surface area (Å²) >= 11 is 0. The van der Waals surface area contributed by atoms with Gasteiger partial charge in [0, 0.05) is 6.61 Å². The molecule has 0 amide bonds.